The van der Waals surface area contributed by atoms with E-state index in [1.165, 1.54) is 7.11 Å². The molecule has 0 aromatic heterocycles. The van der Waals surface area contributed by atoms with Crippen LogP contribution in [0.1, 0.15) is 30.1 Å². The van der Waals surface area contributed by atoms with Crippen LogP contribution in [0.2, 0.25) is 5.02 Å². The number of carbonyl (C=O) groups excluding carboxylic acids is 1. The molecule has 0 heterocycles. The average Bonchev–Trinajstić information content (AvgIpc) is 2.62. The molecule has 0 saturated carbocycles. The van der Waals surface area contributed by atoms with Crippen LogP contribution < -0.4 is 10.1 Å². The molecule has 2 rings (SSSR count). The zero-order valence-electron chi connectivity index (χ0n) is 13.9. The highest BCUT2D eigenvalue weighted by Crippen LogP contribution is 2.17. The van der Waals surface area contributed by atoms with Crippen LogP contribution in [0.4, 0.5) is 5.69 Å². The van der Waals surface area contributed by atoms with Crippen LogP contribution in [0.15, 0.2) is 48.5 Å². The lowest BCUT2D eigenvalue weighted by Crippen LogP contribution is -2.21. The number of hydrogen-bond donors (Lipinski definition) is 1. The van der Waals surface area contributed by atoms with E-state index >= 15 is 0 Å². The summed E-state index contributed by atoms with van der Waals surface area (Å²) >= 11 is 5.90. The second-order valence-corrected chi connectivity index (χ2v) is 5.85. The standard InChI is InChI=1S/C19H22ClNO3/c1-3-16(21-17-8-6-15(20)7-9-17)12-13-24-18-10-4-14(5-11-18)19(22)23-2/h4-11,16,21H,3,12-13H2,1-2H3. The van der Waals surface area contributed by atoms with Crippen LogP contribution >= 0.6 is 11.6 Å². The molecule has 0 amide bonds. The van der Waals surface area contributed by atoms with E-state index in [-0.39, 0.29) is 5.97 Å². The van der Waals surface area contributed by atoms with E-state index in [0.29, 0.717) is 18.2 Å². The molecule has 1 unspecified atom stereocenters. The molecule has 0 saturated heterocycles. The molecule has 4 nitrogen and oxygen atoms in total. The highest BCUT2D eigenvalue weighted by Gasteiger charge is 2.08. The monoisotopic (exact) mass is 347 g/mol. The molecular weight excluding hydrogens is 326 g/mol. The fraction of sp³-hybridized carbons (Fsp3) is 0.316. The number of ether oxygens (including phenoxy) is 2. The second-order valence-electron chi connectivity index (χ2n) is 5.41. The van der Waals surface area contributed by atoms with Gasteiger partial charge in [-0.05, 0) is 55.0 Å². The van der Waals surface area contributed by atoms with Crippen LogP contribution in [0.5, 0.6) is 5.75 Å². The summed E-state index contributed by atoms with van der Waals surface area (Å²) in [6.07, 6.45) is 1.87. The molecule has 0 aliphatic rings. The number of carbonyl (C=O) groups is 1. The van der Waals surface area contributed by atoms with Crippen LogP contribution in [0.3, 0.4) is 0 Å². The van der Waals surface area contributed by atoms with E-state index in [4.69, 9.17) is 16.3 Å². The van der Waals surface area contributed by atoms with Gasteiger partial charge in [-0.25, -0.2) is 4.79 Å². The Kier molecular flexibility index (Phi) is 6.94. The first-order chi connectivity index (χ1) is 11.6. The van der Waals surface area contributed by atoms with Gasteiger partial charge in [0, 0.05) is 23.2 Å². The Hall–Kier alpha value is -2.20. The predicted molar refractivity (Wildman–Crippen MR) is 97.0 cm³/mol. The number of halogens is 1. The lowest BCUT2D eigenvalue weighted by molar-refractivity contribution is 0.0600. The van der Waals surface area contributed by atoms with Gasteiger partial charge < -0.3 is 14.8 Å². The van der Waals surface area contributed by atoms with Crippen molar-refractivity contribution >= 4 is 23.3 Å². The Bertz CT molecular complexity index is 641. The number of benzene rings is 2. The molecule has 0 aliphatic heterocycles. The SMILES string of the molecule is CCC(CCOc1ccc(C(=O)OC)cc1)Nc1ccc(Cl)cc1. The highest BCUT2D eigenvalue weighted by molar-refractivity contribution is 6.30. The van der Waals surface area contributed by atoms with Gasteiger partial charge in [-0.3, -0.25) is 0 Å². The third-order valence-electron chi connectivity index (χ3n) is 3.72. The van der Waals surface area contributed by atoms with Crippen LogP contribution in [-0.2, 0) is 4.74 Å². The highest BCUT2D eigenvalue weighted by atomic mass is 35.5. The number of hydrogen-bond acceptors (Lipinski definition) is 4. The lowest BCUT2D eigenvalue weighted by Gasteiger charge is -2.18. The van der Waals surface area contributed by atoms with Crippen molar-refractivity contribution < 1.29 is 14.3 Å². The normalized spacial score (nSPS) is 11.6. The largest absolute Gasteiger partial charge is 0.494 e. The van der Waals surface area contributed by atoms with E-state index in [1.807, 2.05) is 24.3 Å². The van der Waals surface area contributed by atoms with Gasteiger partial charge in [0.2, 0.25) is 0 Å². The minimum Gasteiger partial charge on any atom is -0.494 e. The Morgan fingerprint density at radius 2 is 1.79 bits per heavy atom. The summed E-state index contributed by atoms with van der Waals surface area (Å²) in [4.78, 5) is 11.4. The van der Waals surface area contributed by atoms with Crippen molar-refractivity contribution in [1.82, 2.24) is 0 Å². The molecule has 0 radical (unpaired) electrons. The Labute approximate surface area is 147 Å². The Morgan fingerprint density at radius 3 is 2.38 bits per heavy atom. The van der Waals surface area contributed by atoms with Crippen molar-refractivity contribution in [2.45, 2.75) is 25.8 Å². The molecule has 0 aliphatic carbocycles. The number of esters is 1. The Morgan fingerprint density at radius 1 is 1.12 bits per heavy atom. The maximum Gasteiger partial charge on any atom is 0.337 e. The molecular formula is C19H22ClNO3. The third kappa shape index (κ3) is 5.46. The molecule has 2 aromatic carbocycles. The molecule has 2 aromatic rings. The second kappa shape index (κ2) is 9.18. The summed E-state index contributed by atoms with van der Waals surface area (Å²) in [5.74, 6) is 0.392. The maximum atomic E-state index is 11.4. The number of anilines is 1. The van der Waals surface area contributed by atoms with Gasteiger partial charge in [0.05, 0.1) is 19.3 Å². The van der Waals surface area contributed by atoms with Crippen molar-refractivity contribution in [1.29, 1.82) is 0 Å². The average molecular weight is 348 g/mol. The minimum atomic E-state index is -0.347. The van der Waals surface area contributed by atoms with E-state index in [1.54, 1.807) is 24.3 Å². The van der Waals surface area contributed by atoms with E-state index in [2.05, 4.69) is 17.0 Å². The topological polar surface area (TPSA) is 47.6 Å². The van der Waals surface area contributed by atoms with Crippen LogP contribution in [0, 0.1) is 0 Å². The summed E-state index contributed by atoms with van der Waals surface area (Å²) in [5.41, 5.74) is 1.56. The van der Waals surface area contributed by atoms with Gasteiger partial charge in [-0.1, -0.05) is 18.5 Å². The van der Waals surface area contributed by atoms with Crippen molar-refractivity contribution in [3.63, 3.8) is 0 Å². The third-order valence-corrected chi connectivity index (χ3v) is 3.97. The summed E-state index contributed by atoms with van der Waals surface area (Å²) in [5, 5.41) is 4.20. The first-order valence-corrected chi connectivity index (χ1v) is 8.33. The summed E-state index contributed by atoms with van der Waals surface area (Å²) < 4.78 is 10.4. The van der Waals surface area contributed by atoms with Crippen LogP contribution in [-0.4, -0.2) is 25.7 Å². The van der Waals surface area contributed by atoms with Gasteiger partial charge in [0.25, 0.3) is 0 Å². The van der Waals surface area contributed by atoms with Crippen molar-refractivity contribution in [2.75, 3.05) is 19.0 Å². The molecule has 24 heavy (non-hydrogen) atoms. The summed E-state index contributed by atoms with van der Waals surface area (Å²) in [7, 11) is 1.37. The number of methoxy groups -OCH3 is 1. The van der Waals surface area contributed by atoms with E-state index in [0.717, 1.165) is 29.3 Å². The lowest BCUT2D eigenvalue weighted by atomic mass is 10.1. The zero-order valence-corrected chi connectivity index (χ0v) is 14.7. The molecule has 0 bridgehead atoms. The first kappa shape index (κ1) is 18.1. The van der Waals surface area contributed by atoms with E-state index < -0.39 is 0 Å². The van der Waals surface area contributed by atoms with E-state index in [9.17, 15) is 4.79 Å². The zero-order chi connectivity index (χ0) is 17.4. The van der Waals surface area contributed by atoms with Gasteiger partial charge in [0.1, 0.15) is 5.75 Å². The molecule has 1 atom stereocenters. The van der Waals surface area contributed by atoms with Crippen molar-refractivity contribution in [2.24, 2.45) is 0 Å². The predicted octanol–water partition coefficient (Wildman–Crippen LogP) is 4.79. The van der Waals surface area contributed by atoms with Gasteiger partial charge in [0.15, 0.2) is 0 Å². The summed E-state index contributed by atoms with van der Waals surface area (Å²) in [6.45, 7) is 2.73. The molecule has 128 valence electrons. The molecule has 0 spiro atoms. The molecule has 1 N–H and O–H groups in total. The quantitative estimate of drug-likeness (QED) is 0.698. The Balaban J connectivity index is 1.80. The van der Waals surface area contributed by atoms with Crippen molar-refractivity contribution in [3.8, 4) is 5.75 Å². The number of nitrogens with one attached hydrogen (secondary N) is 1. The van der Waals surface area contributed by atoms with Crippen LogP contribution in [0.25, 0.3) is 0 Å². The smallest absolute Gasteiger partial charge is 0.337 e. The molecule has 5 heteroatoms. The summed E-state index contributed by atoms with van der Waals surface area (Å²) in [6, 6.07) is 15.0. The van der Waals surface area contributed by atoms with Crippen molar-refractivity contribution in [3.05, 3.63) is 59.1 Å². The fourth-order valence-corrected chi connectivity index (χ4v) is 2.41. The van der Waals surface area contributed by atoms with Gasteiger partial charge in [-0.15, -0.1) is 0 Å². The first-order valence-electron chi connectivity index (χ1n) is 7.95. The fourth-order valence-electron chi connectivity index (χ4n) is 2.28. The van der Waals surface area contributed by atoms with Gasteiger partial charge >= 0.3 is 5.97 Å². The minimum absolute atomic E-state index is 0.320. The maximum absolute atomic E-state index is 11.4. The molecule has 0 fully saturated rings. The van der Waals surface area contributed by atoms with Gasteiger partial charge in [-0.2, -0.15) is 0 Å². The number of rotatable bonds is 8.